The van der Waals surface area contributed by atoms with Crippen molar-refractivity contribution in [3.05, 3.63) is 29.3 Å². The smallest absolute Gasteiger partial charge is 0.161 e. The highest BCUT2D eigenvalue weighted by molar-refractivity contribution is 6.17. The summed E-state index contributed by atoms with van der Waals surface area (Å²) in [7, 11) is 2.90. The number of benzene rings is 3. The predicted molar refractivity (Wildman–Crippen MR) is 157 cm³/mol. The van der Waals surface area contributed by atoms with E-state index in [1.165, 1.54) is 27.2 Å². The molecule has 0 saturated carbocycles. The van der Waals surface area contributed by atoms with Crippen molar-refractivity contribution in [3.63, 3.8) is 0 Å². The van der Waals surface area contributed by atoms with Gasteiger partial charge in [-0.3, -0.25) is 9.69 Å². The number of aliphatic hydroxyl groups excluding tert-OH is 2. The van der Waals surface area contributed by atoms with E-state index in [1.807, 2.05) is 0 Å². The molecule has 1 saturated heterocycles. The molecule has 6 atom stereocenters. The first-order valence-electron chi connectivity index (χ1n) is 14.4. The first-order chi connectivity index (χ1) is 20.9. The number of aliphatic hydroxyl groups is 3. The SMILES string of the molecule is COCCN(CO)C1CC(OC2CC(O)(C(C)=O)Cc3c2c(O)c2c(O)c4c(OC)cccc4c(O)c2c3O)OC(C)C1O. The molecule has 44 heavy (non-hydrogen) atoms. The molecular formula is C31H39NO12. The summed E-state index contributed by atoms with van der Waals surface area (Å²) in [5.74, 6) is -2.38. The Balaban J connectivity index is 1.66. The minimum atomic E-state index is -2.01. The van der Waals surface area contributed by atoms with Gasteiger partial charge in [0.05, 0.1) is 54.9 Å². The number of Topliss-reactive ketones (excluding diaryl/α,β-unsaturated/α-hetero) is 1. The number of phenols is 4. The van der Waals surface area contributed by atoms with Gasteiger partial charge in [-0.15, -0.1) is 0 Å². The van der Waals surface area contributed by atoms with E-state index < -0.39 is 71.4 Å². The minimum absolute atomic E-state index is 0.00203. The average molecular weight is 618 g/mol. The Labute approximate surface area is 253 Å². The number of methoxy groups -OCH3 is 2. The first kappa shape index (κ1) is 32.0. The van der Waals surface area contributed by atoms with Crippen LogP contribution in [0, 0.1) is 0 Å². The summed E-state index contributed by atoms with van der Waals surface area (Å²) >= 11 is 0. The molecule has 0 aromatic heterocycles. The zero-order valence-corrected chi connectivity index (χ0v) is 25.0. The second-order valence-corrected chi connectivity index (χ2v) is 11.5. The van der Waals surface area contributed by atoms with E-state index in [1.54, 1.807) is 24.0 Å². The maximum absolute atomic E-state index is 12.7. The zero-order chi connectivity index (χ0) is 32.1. The van der Waals surface area contributed by atoms with E-state index in [4.69, 9.17) is 18.9 Å². The van der Waals surface area contributed by atoms with Crippen LogP contribution in [0.4, 0.5) is 0 Å². The van der Waals surface area contributed by atoms with Crippen LogP contribution in [0.3, 0.4) is 0 Å². The number of rotatable bonds is 9. The number of hydrogen-bond donors (Lipinski definition) is 7. The maximum Gasteiger partial charge on any atom is 0.161 e. The average Bonchev–Trinajstić information content (AvgIpc) is 2.99. The molecule has 0 amide bonds. The molecule has 6 unspecified atom stereocenters. The van der Waals surface area contributed by atoms with Crippen molar-refractivity contribution in [1.29, 1.82) is 0 Å². The third-order valence-corrected chi connectivity index (χ3v) is 9.00. The molecule has 1 aliphatic carbocycles. The molecule has 3 aromatic carbocycles. The van der Waals surface area contributed by atoms with Crippen molar-refractivity contribution in [2.24, 2.45) is 0 Å². The van der Waals surface area contributed by atoms with Crippen molar-refractivity contribution < 1.29 is 59.5 Å². The molecule has 13 heteroatoms. The van der Waals surface area contributed by atoms with Gasteiger partial charge in [0.2, 0.25) is 0 Å². The monoisotopic (exact) mass is 617 g/mol. The van der Waals surface area contributed by atoms with Crippen LogP contribution in [0.15, 0.2) is 18.2 Å². The number of ether oxygens (including phenoxy) is 4. The third-order valence-electron chi connectivity index (χ3n) is 9.00. The van der Waals surface area contributed by atoms with Gasteiger partial charge in [0.1, 0.15) is 34.3 Å². The highest BCUT2D eigenvalue weighted by atomic mass is 16.7. The van der Waals surface area contributed by atoms with E-state index in [-0.39, 0.29) is 58.0 Å². The Bertz CT molecular complexity index is 1580. The minimum Gasteiger partial charge on any atom is -0.507 e. The molecule has 1 aliphatic heterocycles. The van der Waals surface area contributed by atoms with Gasteiger partial charge in [0, 0.05) is 55.5 Å². The fraction of sp³-hybridized carbons (Fsp3) is 0.516. The number of aromatic hydroxyl groups is 4. The second-order valence-electron chi connectivity index (χ2n) is 11.5. The van der Waals surface area contributed by atoms with Crippen LogP contribution in [-0.2, 0) is 25.4 Å². The summed E-state index contributed by atoms with van der Waals surface area (Å²) in [5.41, 5.74) is -2.05. The van der Waals surface area contributed by atoms with Gasteiger partial charge in [-0.1, -0.05) is 12.1 Å². The standard InChI is InChI=1S/C31H39NO12/c1-14-26(35)18(32(13-33)8-9-41-3)10-21(43-14)44-20-12-31(40,15(2)34)11-17-23(20)30(39)25-24(28(17)37)27(36)16-6-5-7-19(42-4)22(16)29(25)38/h5-7,14,18,20-21,26,33,35-40H,8-13H2,1-4H3. The molecule has 1 fully saturated rings. The van der Waals surface area contributed by atoms with Crippen molar-refractivity contribution in [2.45, 2.75) is 69.4 Å². The van der Waals surface area contributed by atoms with Crippen LogP contribution < -0.4 is 4.74 Å². The number of nitrogens with zero attached hydrogens (tertiary/aromatic N) is 1. The molecule has 0 spiro atoms. The number of fused-ring (bicyclic) bond motifs is 3. The van der Waals surface area contributed by atoms with Gasteiger partial charge < -0.3 is 54.7 Å². The van der Waals surface area contributed by atoms with E-state index >= 15 is 0 Å². The lowest BCUT2D eigenvalue weighted by Gasteiger charge is -2.45. The summed E-state index contributed by atoms with van der Waals surface area (Å²) in [4.78, 5) is 14.3. The van der Waals surface area contributed by atoms with Crippen molar-refractivity contribution in [1.82, 2.24) is 4.90 Å². The third kappa shape index (κ3) is 5.17. The van der Waals surface area contributed by atoms with E-state index in [0.717, 1.165) is 0 Å². The Morgan fingerprint density at radius 1 is 1.07 bits per heavy atom. The predicted octanol–water partition coefficient (Wildman–Crippen LogP) is 1.91. The first-order valence-corrected chi connectivity index (χ1v) is 14.4. The molecule has 2 aliphatic rings. The Kier molecular flexibility index (Phi) is 8.84. The zero-order valence-electron chi connectivity index (χ0n) is 25.0. The normalized spacial score (nSPS) is 27.1. The lowest BCUT2D eigenvalue weighted by Crippen LogP contribution is -2.56. The molecule has 7 N–H and O–H groups in total. The second kappa shape index (κ2) is 12.2. The summed E-state index contributed by atoms with van der Waals surface area (Å²) in [6.45, 7) is 3.06. The van der Waals surface area contributed by atoms with Gasteiger partial charge in [-0.25, -0.2) is 0 Å². The highest BCUT2D eigenvalue weighted by Crippen LogP contribution is 2.57. The van der Waals surface area contributed by atoms with Crippen LogP contribution in [-0.4, -0.2) is 111 Å². The van der Waals surface area contributed by atoms with Crippen LogP contribution in [0.5, 0.6) is 28.7 Å². The molecule has 3 aromatic rings. The maximum atomic E-state index is 12.7. The van der Waals surface area contributed by atoms with Gasteiger partial charge >= 0.3 is 0 Å². The number of carbonyl (C=O) groups is 1. The molecule has 0 bridgehead atoms. The number of hydrogen-bond acceptors (Lipinski definition) is 13. The van der Waals surface area contributed by atoms with Crippen LogP contribution >= 0.6 is 0 Å². The summed E-state index contributed by atoms with van der Waals surface area (Å²) in [5, 5.41) is 78.0. The number of carbonyl (C=O) groups excluding carboxylic acids is 1. The quantitative estimate of drug-likeness (QED) is 0.104. The molecular weight excluding hydrogens is 578 g/mol. The topological polar surface area (TPSA) is 199 Å². The summed E-state index contributed by atoms with van der Waals surface area (Å²) < 4.78 is 22.7. The number of ketones is 1. The van der Waals surface area contributed by atoms with Crippen molar-refractivity contribution in [3.8, 4) is 28.7 Å². The molecule has 13 nitrogen and oxygen atoms in total. The molecule has 0 radical (unpaired) electrons. The molecule has 240 valence electrons. The van der Waals surface area contributed by atoms with Crippen LogP contribution in [0.2, 0.25) is 0 Å². The van der Waals surface area contributed by atoms with Crippen molar-refractivity contribution >= 4 is 27.3 Å². The number of phenolic OH excluding ortho intramolecular Hbond substituents is 4. The largest absolute Gasteiger partial charge is 0.507 e. The van der Waals surface area contributed by atoms with Gasteiger partial charge in [-0.2, -0.15) is 0 Å². The van der Waals surface area contributed by atoms with E-state index in [0.29, 0.717) is 13.2 Å². The fourth-order valence-electron chi connectivity index (χ4n) is 6.55. The van der Waals surface area contributed by atoms with Crippen LogP contribution in [0.25, 0.3) is 21.5 Å². The van der Waals surface area contributed by atoms with Gasteiger partial charge in [0.25, 0.3) is 0 Å². The lowest BCUT2D eigenvalue weighted by molar-refractivity contribution is -0.261. The van der Waals surface area contributed by atoms with Gasteiger partial charge in [0.15, 0.2) is 12.1 Å². The van der Waals surface area contributed by atoms with Crippen molar-refractivity contribution in [2.75, 3.05) is 34.1 Å². The lowest BCUT2D eigenvalue weighted by atomic mass is 9.74. The Hall–Kier alpha value is -3.43. The van der Waals surface area contributed by atoms with E-state index in [2.05, 4.69) is 0 Å². The Morgan fingerprint density at radius 3 is 2.41 bits per heavy atom. The summed E-state index contributed by atoms with van der Waals surface area (Å²) in [6, 6.07) is 4.05. The van der Waals surface area contributed by atoms with Crippen LogP contribution in [0.1, 0.15) is 43.9 Å². The molecule has 1 heterocycles. The molecule has 5 rings (SSSR count). The fourth-order valence-corrected chi connectivity index (χ4v) is 6.55. The van der Waals surface area contributed by atoms with E-state index in [9.17, 15) is 40.5 Å². The summed E-state index contributed by atoms with van der Waals surface area (Å²) in [6.07, 6.45) is -4.69. The Morgan fingerprint density at radius 2 is 1.77 bits per heavy atom. The highest BCUT2D eigenvalue weighted by Gasteiger charge is 2.48. The van der Waals surface area contributed by atoms with Gasteiger partial charge in [-0.05, 0) is 19.9 Å².